The second kappa shape index (κ2) is 8.52. The summed E-state index contributed by atoms with van der Waals surface area (Å²) in [5.41, 5.74) is 2.46. The number of likely N-dealkylation sites (N-methyl/N-ethyl adjacent to an activating group) is 1. The molecule has 0 fully saturated rings. The smallest absolute Gasteiger partial charge is 0.331 e. The number of unbranched alkanes of at least 4 members (excludes halogenated alkanes) is 3. The molecule has 1 aliphatic rings. The Morgan fingerprint density at radius 3 is 2.70 bits per heavy atom. The highest BCUT2D eigenvalue weighted by molar-refractivity contribution is 5.85. The molecule has 1 aromatic carbocycles. The van der Waals surface area contributed by atoms with Crippen LogP contribution in [0.5, 0.6) is 5.88 Å². The van der Waals surface area contributed by atoms with Crippen LogP contribution in [-0.4, -0.2) is 32.7 Å². The van der Waals surface area contributed by atoms with Gasteiger partial charge in [0.15, 0.2) is 6.04 Å². The maximum absolute atomic E-state index is 12.9. The molecule has 2 atom stereocenters. The van der Waals surface area contributed by atoms with E-state index in [9.17, 15) is 14.7 Å². The number of nitrogens with one attached hydrogen (secondary N) is 3. The third kappa shape index (κ3) is 3.47. The Kier molecular flexibility index (Phi) is 5.81. The van der Waals surface area contributed by atoms with E-state index in [0.717, 1.165) is 61.8 Å². The number of hydrogen-bond acceptors (Lipinski definition) is 3. The van der Waals surface area contributed by atoms with Gasteiger partial charge in [0.1, 0.15) is 5.56 Å². The van der Waals surface area contributed by atoms with Crippen LogP contribution in [0.2, 0.25) is 0 Å². The minimum absolute atomic E-state index is 0.192. The lowest BCUT2D eigenvalue weighted by molar-refractivity contribution is -0.926. The van der Waals surface area contributed by atoms with Crippen molar-refractivity contribution in [2.24, 2.45) is 0 Å². The fourth-order valence-electron chi connectivity index (χ4n) is 4.84. The Balaban J connectivity index is 1.84. The van der Waals surface area contributed by atoms with E-state index >= 15 is 0 Å². The molecular weight excluding hydrogens is 380 g/mol. The van der Waals surface area contributed by atoms with Crippen molar-refractivity contribution in [3.8, 4) is 5.88 Å². The summed E-state index contributed by atoms with van der Waals surface area (Å²) in [5.74, 6) is -0.192. The predicted octanol–water partition coefficient (Wildman–Crippen LogP) is 1.85. The molecule has 4 N–H and O–H groups in total. The molecule has 0 amide bonds. The van der Waals surface area contributed by atoms with Crippen LogP contribution in [0.1, 0.15) is 62.4 Å². The van der Waals surface area contributed by atoms with Gasteiger partial charge in [0.05, 0.1) is 18.8 Å². The molecule has 3 heterocycles. The van der Waals surface area contributed by atoms with Crippen LogP contribution in [0.4, 0.5) is 0 Å². The van der Waals surface area contributed by atoms with Crippen molar-refractivity contribution in [3.05, 3.63) is 61.9 Å². The van der Waals surface area contributed by atoms with Crippen LogP contribution in [0.3, 0.4) is 0 Å². The van der Waals surface area contributed by atoms with Crippen molar-refractivity contribution in [3.63, 3.8) is 0 Å². The number of fused-ring (bicyclic) bond motifs is 3. The van der Waals surface area contributed by atoms with E-state index in [4.69, 9.17) is 0 Å². The summed E-state index contributed by atoms with van der Waals surface area (Å²) < 4.78 is 1.33. The second-order valence-corrected chi connectivity index (χ2v) is 8.22. The third-order valence-corrected chi connectivity index (χ3v) is 6.42. The van der Waals surface area contributed by atoms with Crippen LogP contribution in [0.15, 0.2) is 33.9 Å². The molecule has 160 valence electrons. The van der Waals surface area contributed by atoms with Crippen molar-refractivity contribution in [1.82, 2.24) is 14.5 Å². The molecule has 0 aliphatic carbocycles. The number of hydrogen-bond donors (Lipinski definition) is 4. The largest absolute Gasteiger partial charge is 0.494 e. The normalized spacial score (nSPS) is 18.6. The lowest BCUT2D eigenvalue weighted by Gasteiger charge is -2.32. The molecule has 7 heteroatoms. The van der Waals surface area contributed by atoms with E-state index in [1.165, 1.54) is 15.0 Å². The van der Waals surface area contributed by atoms with Gasteiger partial charge in [-0.2, -0.15) is 0 Å². The summed E-state index contributed by atoms with van der Waals surface area (Å²) in [5, 5.41) is 12.3. The monoisotopic (exact) mass is 411 g/mol. The van der Waals surface area contributed by atoms with Gasteiger partial charge in [-0.3, -0.25) is 14.3 Å². The third-order valence-electron chi connectivity index (χ3n) is 6.42. The summed E-state index contributed by atoms with van der Waals surface area (Å²) in [6.45, 7) is 6.30. The fourth-order valence-corrected chi connectivity index (χ4v) is 4.84. The molecule has 4 rings (SSSR count). The summed E-state index contributed by atoms with van der Waals surface area (Å²) in [6, 6.07) is 7.81. The van der Waals surface area contributed by atoms with Crippen LogP contribution in [-0.2, 0) is 13.0 Å². The minimum Gasteiger partial charge on any atom is -0.494 e. The second-order valence-electron chi connectivity index (χ2n) is 8.22. The molecule has 0 saturated heterocycles. The molecule has 0 saturated carbocycles. The van der Waals surface area contributed by atoms with Crippen LogP contribution in [0.25, 0.3) is 10.9 Å². The first-order valence-electron chi connectivity index (χ1n) is 11.1. The lowest BCUT2D eigenvalue weighted by atomic mass is 9.93. The first-order valence-corrected chi connectivity index (χ1v) is 11.1. The van der Waals surface area contributed by atoms with Gasteiger partial charge in [0.25, 0.3) is 5.56 Å². The number of para-hydroxylation sites is 1. The first-order chi connectivity index (χ1) is 14.6. The zero-order valence-corrected chi connectivity index (χ0v) is 17.8. The highest BCUT2D eigenvalue weighted by atomic mass is 16.3. The molecule has 2 aromatic heterocycles. The highest BCUT2D eigenvalue weighted by Crippen LogP contribution is 2.32. The summed E-state index contributed by atoms with van der Waals surface area (Å²) in [4.78, 5) is 32.5. The fraction of sp³-hybridized carbons (Fsp3) is 0.478. The van der Waals surface area contributed by atoms with Gasteiger partial charge in [-0.1, -0.05) is 44.4 Å². The van der Waals surface area contributed by atoms with E-state index < -0.39 is 11.2 Å². The number of benzene rings is 1. The Labute approximate surface area is 175 Å². The predicted molar refractivity (Wildman–Crippen MR) is 117 cm³/mol. The molecule has 1 unspecified atom stereocenters. The van der Waals surface area contributed by atoms with E-state index in [-0.39, 0.29) is 17.5 Å². The molecule has 0 spiro atoms. The Bertz CT molecular complexity index is 1160. The number of aromatic amines is 2. The van der Waals surface area contributed by atoms with Gasteiger partial charge in [-0.15, -0.1) is 0 Å². The van der Waals surface area contributed by atoms with Crippen LogP contribution in [0, 0.1) is 0 Å². The quantitative estimate of drug-likeness (QED) is 0.447. The SMILES string of the molecule is CCCCCCn1c(O)c([C@H]2c3[nH]c4ccccc4c3CC[NH+]2CC)c(=O)[nH]c1=O. The Morgan fingerprint density at radius 1 is 1.13 bits per heavy atom. The van der Waals surface area contributed by atoms with Crippen molar-refractivity contribution >= 4 is 10.9 Å². The topological polar surface area (TPSA) is 95.3 Å². The van der Waals surface area contributed by atoms with E-state index in [1.54, 1.807) is 0 Å². The molecule has 3 aromatic rings. The molecule has 0 bridgehead atoms. The molecule has 30 heavy (non-hydrogen) atoms. The van der Waals surface area contributed by atoms with Crippen molar-refractivity contribution in [2.75, 3.05) is 13.1 Å². The Hall–Kier alpha value is -2.80. The molecule has 0 radical (unpaired) electrons. The van der Waals surface area contributed by atoms with Gasteiger partial charge in [0, 0.05) is 23.9 Å². The van der Waals surface area contributed by atoms with Crippen molar-refractivity contribution in [1.29, 1.82) is 0 Å². The lowest BCUT2D eigenvalue weighted by Crippen LogP contribution is -3.13. The van der Waals surface area contributed by atoms with Crippen LogP contribution < -0.4 is 16.1 Å². The number of aromatic hydroxyl groups is 1. The number of aromatic nitrogens is 3. The average Bonchev–Trinajstić information content (AvgIpc) is 3.12. The first kappa shape index (κ1) is 20.5. The standard InChI is InChI=1S/C23H30N4O3/c1-3-5-6-9-13-27-22(29)18(21(28)25-23(27)30)20-19-16(12-14-26(20)4-2)15-10-7-8-11-17(15)24-19/h7-8,10-11,20,24,29H,3-6,9,12-14H2,1-2H3,(H,25,28,30)/p+1/t20-/m0/s1. The van der Waals surface area contributed by atoms with E-state index in [1.807, 2.05) is 18.2 Å². The van der Waals surface area contributed by atoms with Gasteiger partial charge in [0.2, 0.25) is 5.88 Å². The number of nitrogens with zero attached hydrogens (tertiary/aromatic N) is 1. The summed E-state index contributed by atoms with van der Waals surface area (Å²) in [6.07, 6.45) is 4.87. The average molecular weight is 412 g/mol. The Morgan fingerprint density at radius 2 is 1.93 bits per heavy atom. The molecular formula is C23H31N4O3+. The molecule has 7 nitrogen and oxygen atoms in total. The molecule has 1 aliphatic heterocycles. The minimum atomic E-state index is -0.538. The van der Waals surface area contributed by atoms with Gasteiger partial charge >= 0.3 is 5.69 Å². The zero-order valence-electron chi connectivity index (χ0n) is 17.8. The highest BCUT2D eigenvalue weighted by Gasteiger charge is 2.38. The van der Waals surface area contributed by atoms with Crippen molar-refractivity contribution in [2.45, 2.75) is 58.5 Å². The van der Waals surface area contributed by atoms with E-state index in [2.05, 4.69) is 29.9 Å². The van der Waals surface area contributed by atoms with Crippen LogP contribution >= 0.6 is 0 Å². The van der Waals surface area contributed by atoms with Gasteiger partial charge in [-0.25, -0.2) is 4.79 Å². The maximum atomic E-state index is 12.9. The number of H-pyrrole nitrogens is 2. The summed E-state index contributed by atoms with van der Waals surface area (Å²) in [7, 11) is 0. The number of quaternary nitrogens is 1. The maximum Gasteiger partial charge on any atom is 0.331 e. The van der Waals surface area contributed by atoms with Crippen molar-refractivity contribution < 1.29 is 10.0 Å². The van der Waals surface area contributed by atoms with E-state index in [0.29, 0.717) is 6.54 Å². The summed E-state index contributed by atoms with van der Waals surface area (Å²) >= 11 is 0. The number of rotatable bonds is 7. The van der Waals surface area contributed by atoms with Gasteiger partial charge in [-0.05, 0) is 25.0 Å². The zero-order chi connectivity index (χ0) is 21.3. The van der Waals surface area contributed by atoms with Gasteiger partial charge < -0.3 is 15.0 Å².